The largest absolute Gasteiger partial charge is 0.313 e. The highest BCUT2D eigenvalue weighted by Gasteiger charge is 2.39. The molecule has 1 heterocycles. The Labute approximate surface area is 160 Å². The van der Waals surface area contributed by atoms with E-state index in [-0.39, 0.29) is 0 Å². The van der Waals surface area contributed by atoms with Crippen molar-refractivity contribution >= 4 is 6.08 Å². The molecule has 0 aliphatic rings. The molecule has 2 nitrogen and oxygen atoms in total. The molecule has 0 fully saturated rings. The summed E-state index contributed by atoms with van der Waals surface area (Å²) in [6, 6.07) is 31.9. The molecular weight excluding hydrogens is 328 g/mol. The van der Waals surface area contributed by atoms with Crippen molar-refractivity contribution in [2.24, 2.45) is 0 Å². The van der Waals surface area contributed by atoms with E-state index in [0.29, 0.717) is 0 Å². The molecule has 1 aromatic heterocycles. The van der Waals surface area contributed by atoms with Gasteiger partial charge in [-0.1, -0.05) is 97.1 Å². The molecule has 0 aliphatic carbocycles. The summed E-state index contributed by atoms with van der Waals surface area (Å²) in [7, 11) is 0. The maximum atomic E-state index is 4.62. The molecule has 0 N–H and O–H groups in total. The first-order chi connectivity index (χ1) is 13.4. The first-order valence-corrected chi connectivity index (χ1v) is 9.20. The number of nitrogens with zero attached hydrogens (tertiary/aromatic N) is 2. The lowest BCUT2D eigenvalue weighted by atomic mass is 9.76. The van der Waals surface area contributed by atoms with Crippen molar-refractivity contribution in [1.82, 2.24) is 9.55 Å². The van der Waals surface area contributed by atoms with Gasteiger partial charge in [-0.15, -0.1) is 0 Å². The van der Waals surface area contributed by atoms with Gasteiger partial charge in [-0.2, -0.15) is 0 Å². The SMILES string of the molecule is C/C=C/c1nccn1C(c1ccccc1)(c1ccccc1)c1ccccc1. The van der Waals surface area contributed by atoms with Gasteiger partial charge in [-0.3, -0.25) is 0 Å². The number of hydrogen-bond acceptors (Lipinski definition) is 1. The van der Waals surface area contributed by atoms with Crippen molar-refractivity contribution in [2.45, 2.75) is 12.5 Å². The van der Waals surface area contributed by atoms with Crippen molar-refractivity contribution in [3.8, 4) is 0 Å². The highest BCUT2D eigenvalue weighted by atomic mass is 15.1. The van der Waals surface area contributed by atoms with Crippen LogP contribution in [0.2, 0.25) is 0 Å². The lowest BCUT2D eigenvalue weighted by molar-refractivity contribution is 0.511. The number of benzene rings is 3. The lowest BCUT2D eigenvalue weighted by Gasteiger charge is -2.38. The first-order valence-electron chi connectivity index (χ1n) is 9.20. The molecule has 27 heavy (non-hydrogen) atoms. The van der Waals surface area contributed by atoms with Crippen LogP contribution in [-0.4, -0.2) is 9.55 Å². The second kappa shape index (κ2) is 7.46. The molecule has 0 spiro atoms. The van der Waals surface area contributed by atoms with Gasteiger partial charge >= 0.3 is 0 Å². The topological polar surface area (TPSA) is 17.8 Å². The number of allylic oxidation sites excluding steroid dienone is 1. The summed E-state index contributed by atoms with van der Waals surface area (Å²) >= 11 is 0. The zero-order valence-electron chi connectivity index (χ0n) is 15.4. The van der Waals surface area contributed by atoms with E-state index in [1.165, 1.54) is 16.7 Å². The maximum Gasteiger partial charge on any atom is 0.133 e. The molecule has 4 rings (SSSR count). The number of hydrogen-bond donors (Lipinski definition) is 0. The van der Waals surface area contributed by atoms with Crippen molar-refractivity contribution in [3.05, 3.63) is 132 Å². The molecule has 3 aromatic carbocycles. The first kappa shape index (κ1) is 17.0. The molecular formula is C25H22N2. The van der Waals surface area contributed by atoms with Gasteiger partial charge in [0.15, 0.2) is 0 Å². The summed E-state index contributed by atoms with van der Waals surface area (Å²) < 4.78 is 2.27. The summed E-state index contributed by atoms with van der Waals surface area (Å²) in [4.78, 5) is 4.62. The van der Waals surface area contributed by atoms with Crippen molar-refractivity contribution < 1.29 is 0 Å². The van der Waals surface area contributed by atoms with Gasteiger partial charge in [0.2, 0.25) is 0 Å². The monoisotopic (exact) mass is 350 g/mol. The van der Waals surface area contributed by atoms with Crippen LogP contribution in [0.5, 0.6) is 0 Å². The summed E-state index contributed by atoms with van der Waals surface area (Å²) in [5.41, 5.74) is 3.10. The Bertz CT molecular complexity index is 919. The highest BCUT2D eigenvalue weighted by molar-refractivity contribution is 5.53. The molecule has 0 unspecified atom stereocenters. The van der Waals surface area contributed by atoms with Gasteiger partial charge in [0.25, 0.3) is 0 Å². The van der Waals surface area contributed by atoms with Crippen molar-refractivity contribution in [1.29, 1.82) is 0 Å². The predicted octanol–water partition coefficient (Wildman–Crippen LogP) is 5.76. The van der Waals surface area contributed by atoms with E-state index >= 15 is 0 Å². The summed E-state index contributed by atoms with van der Waals surface area (Å²) in [5.74, 6) is 0.925. The van der Waals surface area contributed by atoms with Crippen LogP contribution in [0.15, 0.2) is 109 Å². The van der Waals surface area contributed by atoms with Gasteiger partial charge in [0, 0.05) is 12.4 Å². The summed E-state index contributed by atoms with van der Waals surface area (Å²) in [5, 5.41) is 0. The smallest absolute Gasteiger partial charge is 0.133 e. The molecule has 0 saturated heterocycles. The van der Waals surface area contributed by atoms with Gasteiger partial charge in [-0.25, -0.2) is 4.98 Å². The lowest BCUT2D eigenvalue weighted by Crippen LogP contribution is -2.38. The van der Waals surface area contributed by atoms with E-state index < -0.39 is 5.54 Å². The van der Waals surface area contributed by atoms with Crippen LogP contribution in [0.3, 0.4) is 0 Å². The molecule has 132 valence electrons. The highest BCUT2D eigenvalue weighted by Crippen LogP contribution is 2.41. The Kier molecular flexibility index (Phi) is 4.71. The third-order valence-corrected chi connectivity index (χ3v) is 4.92. The van der Waals surface area contributed by atoms with Gasteiger partial charge in [-0.05, 0) is 29.7 Å². The average molecular weight is 350 g/mol. The van der Waals surface area contributed by atoms with Crippen LogP contribution in [-0.2, 0) is 5.54 Å². The van der Waals surface area contributed by atoms with Crippen LogP contribution < -0.4 is 0 Å². The summed E-state index contributed by atoms with van der Waals surface area (Å²) in [6.07, 6.45) is 8.04. The van der Waals surface area contributed by atoms with E-state index in [4.69, 9.17) is 0 Å². The second-order valence-electron chi connectivity index (χ2n) is 6.46. The fraction of sp³-hybridized carbons (Fsp3) is 0.0800. The normalized spacial score (nSPS) is 11.7. The number of rotatable bonds is 5. The van der Waals surface area contributed by atoms with Crippen LogP contribution in [0.25, 0.3) is 6.08 Å². The van der Waals surface area contributed by atoms with Gasteiger partial charge < -0.3 is 4.57 Å². The minimum absolute atomic E-state index is 0.505. The van der Waals surface area contributed by atoms with E-state index in [0.717, 1.165) is 5.82 Å². The molecule has 0 radical (unpaired) electrons. The molecule has 0 amide bonds. The Morgan fingerprint density at radius 2 is 1.15 bits per heavy atom. The van der Waals surface area contributed by atoms with Crippen LogP contribution in [0.4, 0.5) is 0 Å². The van der Waals surface area contributed by atoms with E-state index in [2.05, 4.69) is 113 Å². The summed E-state index contributed by atoms with van der Waals surface area (Å²) in [6.45, 7) is 2.02. The van der Waals surface area contributed by atoms with Crippen LogP contribution >= 0.6 is 0 Å². The average Bonchev–Trinajstić information content (AvgIpc) is 3.20. The molecule has 4 aromatic rings. The Hall–Kier alpha value is -3.39. The Morgan fingerprint density at radius 1 is 0.704 bits per heavy atom. The standard InChI is InChI=1S/C25H22N2/c1-2-12-24-26-19-20-27(24)25(21-13-6-3-7-14-21,22-15-8-4-9-16-22)23-17-10-5-11-18-23/h2-20H,1H3/b12-2+. The van der Waals surface area contributed by atoms with Gasteiger partial charge in [0.05, 0.1) is 0 Å². The van der Waals surface area contributed by atoms with Crippen LogP contribution in [0, 0.1) is 0 Å². The quantitative estimate of drug-likeness (QED) is 0.419. The molecule has 0 saturated carbocycles. The molecule has 0 bridgehead atoms. The predicted molar refractivity (Wildman–Crippen MR) is 112 cm³/mol. The minimum Gasteiger partial charge on any atom is -0.313 e. The third-order valence-electron chi connectivity index (χ3n) is 4.92. The molecule has 2 heteroatoms. The number of imidazole rings is 1. The van der Waals surface area contributed by atoms with Crippen molar-refractivity contribution in [2.75, 3.05) is 0 Å². The molecule has 0 atom stereocenters. The van der Waals surface area contributed by atoms with E-state index in [1.807, 2.05) is 19.2 Å². The fourth-order valence-corrected chi connectivity index (χ4v) is 3.83. The minimum atomic E-state index is -0.505. The Balaban J connectivity index is 2.15. The molecule has 0 aliphatic heterocycles. The Morgan fingerprint density at radius 3 is 1.56 bits per heavy atom. The zero-order valence-corrected chi connectivity index (χ0v) is 15.4. The van der Waals surface area contributed by atoms with Crippen LogP contribution in [0.1, 0.15) is 29.4 Å². The number of aromatic nitrogens is 2. The van der Waals surface area contributed by atoms with Gasteiger partial charge in [0.1, 0.15) is 11.4 Å². The second-order valence-corrected chi connectivity index (χ2v) is 6.46. The fourth-order valence-electron chi connectivity index (χ4n) is 3.83. The van der Waals surface area contributed by atoms with Crippen molar-refractivity contribution in [3.63, 3.8) is 0 Å². The van der Waals surface area contributed by atoms with E-state index in [9.17, 15) is 0 Å². The van der Waals surface area contributed by atoms with E-state index in [1.54, 1.807) is 0 Å². The maximum absolute atomic E-state index is 4.62. The zero-order chi connectivity index (χ0) is 18.5. The third kappa shape index (κ3) is 2.89.